The van der Waals surface area contributed by atoms with Gasteiger partial charge in [0.05, 0.1) is 19.7 Å². The number of hydrogen-bond donors (Lipinski definition) is 2. The third kappa shape index (κ3) is 5.93. The lowest BCUT2D eigenvalue weighted by Crippen LogP contribution is -2.34. The van der Waals surface area contributed by atoms with Gasteiger partial charge in [-0.15, -0.1) is 0 Å². The number of halogens is 1. The number of aryl methyl sites for hydroxylation is 1. The van der Waals surface area contributed by atoms with E-state index < -0.39 is 5.82 Å². The van der Waals surface area contributed by atoms with E-state index in [2.05, 4.69) is 15.6 Å². The highest BCUT2D eigenvalue weighted by atomic mass is 32.1. The third-order valence-corrected chi connectivity index (χ3v) is 6.15. The second-order valence-corrected chi connectivity index (χ2v) is 8.88. The van der Waals surface area contributed by atoms with Gasteiger partial charge in [0, 0.05) is 35.8 Å². The number of thiocarbonyl (C=S) groups is 1. The molecule has 1 aliphatic heterocycles. The van der Waals surface area contributed by atoms with Crippen LogP contribution < -0.4 is 34.3 Å². The number of methoxy groups -OCH3 is 2. The van der Waals surface area contributed by atoms with Crippen molar-refractivity contribution >= 4 is 39.8 Å². The van der Waals surface area contributed by atoms with E-state index in [4.69, 9.17) is 35.9 Å². The molecule has 0 atom stereocenters. The molecule has 39 heavy (non-hydrogen) atoms. The third-order valence-electron chi connectivity index (χ3n) is 5.95. The monoisotopic (exact) mass is 549 g/mol. The van der Waals surface area contributed by atoms with Gasteiger partial charge in [0.1, 0.15) is 5.75 Å². The van der Waals surface area contributed by atoms with Gasteiger partial charge in [-0.1, -0.05) is 6.07 Å². The molecular weight excluding hydrogens is 525 g/mol. The Morgan fingerprint density at radius 3 is 2.56 bits per heavy atom. The summed E-state index contributed by atoms with van der Waals surface area (Å²) in [5.41, 5.74) is 1.89. The lowest BCUT2D eigenvalue weighted by molar-refractivity contribution is -0.119. The molecule has 11 heteroatoms. The molecule has 0 saturated carbocycles. The van der Waals surface area contributed by atoms with E-state index >= 15 is 0 Å². The molecule has 1 amide bonds. The van der Waals surface area contributed by atoms with Gasteiger partial charge in [-0.3, -0.25) is 9.78 Å². The number of anilines is 1. The molecule has 0 spiro atoms. The second-order valence-electron chi connectivity index (χ2n) is 8.47. The summed E-state index contributed by atoms with van der Waals surface area (Å²) in [7, 11) is 3.06. The highest BCUT2D eigenvalue weighted by molar-refractivity contribution is 7.80. The number of amides is 1. The zero-order valence-corrected chi connectivity index (χ0v) is 21.9. The number of rotatable bonds is 8. The Morgan fingerprint density at radius 1 is 0.974 bits per heavy atom. The maximum atomic E-state index is 14.9. The molecule has 1 aromatic heterocycles. The predicted molar refractivity (Wildman–Crippen MR) is 147 cm³/mol. The number of carbonyl (C=O) groups is 1. The lowest BCUT2D eigenvalue weighted by Gasteiger charge is -2.14. The van der Waals surface area contributed by atoms with Gasteiger partial charge in [0.2, 0.25) is 12.7 Å². The van der Waals surface area contributed by atoms with Crippen molar-refractivity contribution in [2.75, 3.05) is 26.3 Å². The van der Waals surface area contributed by atoms with Crippen LogP contribution in [-0.4, -0.2) is 37.0 Å². The number of aromatic nitrogens is 1. The largest absolute Gasteiger partial charge is 0.493 e. The number of ether oxygens (including phenoxy) is 5. The van der Waals surface area contributed by atoms with Gasteiger partial charge in [-0.25, -0.2) is 4.39 Å². The molecule has 0 radical (unpaired) electrons. The van der Waals surface area contributed by atoms with Crippen LogP contribution >= 0.6 is 12.2 Å². The summed E-state index contributed by atoms with van der Waals surface area (Å²) in [5.74, 6) is 1.86. The summed E-state index contributed by atoms with van der Waals surface area (Å²) >= 11 is 5.22. The average Bonchev–Trinajstić information content (AvgIpc) is 3.40. The molecule has 0 aliphatic carbocycles. The first-order chi connectivity index (χ1) is 18.9. The molecule has 0 fully saturated rings. The Labute approximate surface area is 228 Å². The summed E-state index contributed by atoms with van der Waals surface area (Å²) in [6.45, 7) is 0.193. The van der Waals surface area contributed by atoms with Gasteiger partial charge < -0.3 is 34.3 Å². The van der Waals surface area contributed by atoms with Crippen LogP contribution in [0.25, 0.3) is 10.9 Å². The fourth-order valence-corrected chi connectivity index (χ4v) is 4.25. The van der Waals surface area contributed by atoms with Crippen molar-refractivity contribution in [2.24, 2.45) is 0 Å². The molecule has 3 aromatic carbocycles. The molecule has 200 valence electrons. The Bertz CT molecular complexity index is 1560. The van der Waals surface area contributed by atoms with Gasteiger partial charge in [0.25, 0.3) is 0 Å². The summed E-state index contributed by atoms with van der Waals surface area (Å²) < 4.78 is 42.1. The molecule has 2 heterocycles. The van der Waals surface area contributed by atoms with Gasteiger partial charge in [0.15, 0.2) is 39.7 Å². The number of fused-ring (bicyclic) bond motifs is 2. The van der Waals surface area contributed by atoms with Crippen molar-refractivity contribution in [1.82, 2.24) is 10.3 Å². The van der Waals surface area contributed by atoms with Crippen molar-refractivity contribution in [3.63, 3.8) is 0 Å². The van der Waals surface area contributed by atoms with Gasteiger partial charge in [-0.2, -0.15) is 0 Å². The highest BCUT2D eigenvalue weighted by Gasteiger charge is 2.15. The maximum absolute atomic E-state index is 14.9. The summed E-state index contributed by atoms with van der Waals surface area (Å²) in [4.78, 5) is 16.7. The van der Waals surface area contributed by atoms with Gasteiger partial charge in [-0.05, 0) is 60.6 Å². The van der Waals surface area contributed by atoms with Crippen molar-refractivity contribution in [2.45, 2.75) is 12.8 Å². The van der Waals surface area contributed by atoms with Crippen molar-refractivity contribution in [1.29, 1.82) is 0 Å². The van der Waals surface area contributed by atoms with Gasteiger partial charge >= 0.3 is 0 Å². The van der Waals surface area contributed by atoms with Crippen LogP contribution in [0.15, 0.2) is 60.8 Å². The smallest absolute Gasteiger partial charge is 0.231 e. The minimum atomic E-state index is -0.623. The first-order valence-corrected chi connectivity index (χ1v) is 12.3. The number of carbonyl (C=O) groups excluding carboxylic acids is 1. The van der Waals surface area contributed by atoms with Crippen LogP contribution in [0.3, 0.4) is 0 Å². The molecule has 1 aliphatic rings. The van der Waals surface area contributed by atoms with E-state index in [0.717, 1.165) is 5.56 Å². The Hall–Kier alpha value is -4.64. The number of nitrogens with zero attached hydrogens (tertiary/aromatic N) is 1. The molecular formula is C28H24FN3O6S. The lowest BCUT2D eigenvalue weighted by atomic mass is 10.1. The first kappa shape index (κ1) is 26.0. The maximum Gasteiger partial charge on any atom is 0.231 e. The van der Waals surface area contributed by atoms with Crippen LogP contribution in [0.2, 0.25) is 0 Å². The Morgan fingerprint density at radius 2 is 1.77 bits per heavy atom. The molecule has 2 N–H and O–H groups in total. The summed E-state index contributed by atoms with van der Waals surface area (Å²) in [5, 5.41) is 6.11. The van der Waals surface area contributed by atoms with E-state index in [0.29, 0.717) is 51.8 Å². The van der Waals surface area contributed by atoms with Crippen LogP contribution in [-0.2, 0) is 11.2 Å². The van der Waals surface area contributed by atoms with E-state index in [1.165, 1.54) is 26.4 Å². The SMILES string of the molecule is COc1cc2nccc(Oc3ccc(NC(=S)NC(=O)CCc4ccc5c(c4)OCO5)cc3F)c2cc1OC. The first-order valence-electron chi connectivity index (χ1n) is 11.9. The normalized spacial score (nSPS) is 11.7. The zero-order valence-electron chi connectivity index (χ0n) is 21.1. The van der Waals surface area contributed by atoms with Crippen LogP contribution in [0, 0.1) is 5.82 Å². The van der Waals surface area contributed by atoms with Crippen LogP contribution in [0.5, 0.6) is 34.5 Å². The quantitative estimate of drug-likeness (QED) is 0.282. The minimum absolute atomic E-state index is 0.00140. The molecule has 4 aromatic rings. The van der Waals surface area contributed by atoms with E-state index in [1.54, 1.807) is 30.5 Å². The van der Waals surface area contributed by atoms with Crippen molar-refractivity contribution < 1.29 is 32.9 Å². The van der Waals surface area contributed by atoms with Crippen LogP contribution in [0.1, 0.15) is 12.0 Å². The van der Waals surface area contributed by atoms with E-state index in [1.807, 2.05) is 18.2 Å². The van der Waals surface area contributed by atoms with E-state index in [9.17, 15) is 9.18 Å². The van der Waals surface area contributed by atoms with Crippen molar-refractivity contribution in [3.8, 4) is 34.5 Å². The number of nitrogens with one attached hydrogen (secondary N) is 2. The molecule has 0 bridgehead atoms. The molecule has 5 rings (SSSR count). The molecule has 0 unspecified atom stereocenters. The van der Waals surface area contributed by atoms with Crippen LogP contribution in [0.4, 0.5) is 10.1 Å². The fourth-order valence-electron chi connectivity index (χ4n) is 4.02. The van der Waals surface area contributed by atoms with Crippen molar-refractivity contribution in [3.05, 3.63) is 72.2 Å². The fraction of sp³-hybridized carbons (Fsp3) is 0.179. The number of pyridine rings is 1. The minimum Gasteiger partial charge on any atom is -0.493 e. The number of hydrogen-bond acceptors (Lipinski definition) is 8. The highest BCUT2D eigenvalue weighted by Crippen LogP contribution is 2.37. The Balaban J connectivity index is 1.19. The topological polar surface area (TPSA) is 100 Å². The van der Waals surface area contributed by atoms with E-state index in [-0.39, 0.29) is 30.0 Å². The zero-order chi connectivity index (χ0) is 27.4. The summed E-state index contributed by atoms with van der Waals surface area (Å²) in [6, 6.07) is 14.9. The Kier molecular flexibility index (Phi) is 7.60. The number of benzene rings is 3. The summed E-state index contributed by atoms with van der Waals surface area (Å²) in [6.07, 6.45) is 2.26. The predicted octanol–water partition coefficient (Wildman–Crippen LogP) is 5.36. The second kappa shape index (κ2) is 11.4. The molecule has 9 nitrogen and oxygen atoms in total. The average molecular weight is 550 g/mol. The molecule has 0 saturated heterocycles. The standard InChI is InChI=1S/C28H24FN3O6S/c1-34-24-13-18-20(14-25(24)35-2)30-10-9-21(18)38-22-7-5-17(12-19(22)29)31-28(39)32-27(33)8-4-16-3-6-23-26(11-16)37-15-36-23/h3,5-7,9-14H,4,8,15H2,1-2H3,(H2,31,32,33,39).